The first-order chi connectivity index (χ1) is 16.0. The SMILES string of the molecule is C#CCOc1ccc2c(c1)OC1=C(CCCC1/C=C/C1=[N+](CC)c3ccccc3C1(C)C)C2. The minimum atomic E-state index is -0.0156. The Hall–Kier alpha value is -3.25. The molecule has 2 aliphatic heterocycles. The normalized spacial score (nSPS) is 20.7. The van der Waals surface area contributed by atoms with Crippen molar-refractivity contribution in [3.63, 3.8) is 0 Å². The van der Waals surface area contributed by atoms with Gasteiger partial charge in [-0.05, 0) is 57.2 Å². The second-order valence-electron chi connectivity index (χ2n) is 9.64. The second kappa shape index (κ2) is 8.60. The van der Waals surface area contributed by atoms with Gasteiger partial charge in [0, 0.05) is 36.1 Å². The van der Waals surface area contributed by atoms with Crippen LogP contribution in [0.25, 0.3) is 0 Å². The fourth-order valence-electron chi connectivity index (χ4n) is 5.59. The molecule has 0 N–H and O–H groups in total. The zero-order chi connectivity index (χ0) is 23.0. The molecule has 0 spiro atoms. The average molecular weight is 439 g/mol. The Morgan fingerprint density at radius 3 is 2.91 bits per heavy atom. The summed E-state index contributed by atoms with van der Waals surface area (Å²) in [6, 6.07) is 14.9. The Balaban J connectivity index is 1.44. The van der Waals surface area contributed by atoms with Crippen LogP contribution in [0.15, 0.2) is 65.9 Å². The number of para-hydroxylation sites is 1. The number of rotatable bonds is 5. The van der Waals surface area contributed by atoms with Gasteiger partial charge in [-0.25, -0.2) is 0 Å². The van der Waals surface area contributed by atoms with E-state index in [9.17, 15) is 0 Å². The van der Waals surface area contributed by atoms with Gasteiger partial charge in [0.15, 0.2) is 5.71 Å². The number of hydrogen-bond acceptors (Lipinski definition) is 2. The third-order valence-electron chi connectivity index (χ3n) is 7.27. The van der Waals surface area contributed by atoms with Crippen LogP contribution in [0.4, 0.5) is 5.69 Å². The van der Waals surface area contributed by atoms with Crippen molar-refractivity contribution in [2.75, 3.05) is 13.2 Å². The van der Waals surface area contributed by atoms with Crippen LogP contribution < -0.4 is 9.47 Å². The van der Waals surface area contributed by atoms with E-state index in [2.05, 4.69) is 73.8 Å². The van der Waals surface area contributed by atoms with E-state index in [1.807, 2.05) is 12.1 Å². The molecule has 168 valence electrons. The molecular weight excluding hydrogens is 406 g/mol. The lowest BCUT2D eigenvalue weighted by Crippen LogP contribution is -2.28. The second-order valence-corrected chi connectivity index (χ2v) is 9.64. The highest BCUT2D eigenvalue weighted by Gasteiger charge is 2.43. The molecule has 0 fully saturated rings. The highest BCUT2D eigenvalue weighted by atomic mass is 16.5. The highest BCUT2D eigenvalue weighted by molar-refractivity contribution is 6.03. The summed E-state index contributed by atoms with van der Waals surface area (Å²) in [5.41, 5.74) is 6.74. The van der Waals surface area contributed by atoms with E-state index in [1.54, 1.807) is 0 Å². The quantitative estimate of drug-likeness (QED) is 0.401. The lowest BCUT2D eigenvalue weighted by molar-refractivity contribution is -0.433. The largest absolute Gasteiger partial charge is 0.481 e. The highest BCUT2D eigenvalue weighted by Crippen LogP contribution is 2.43. The monoisotopic (exact) mass is 438 g/mol. The first kappa shape index (κ1) is 21.6. The van der Waals surface area contributed by atoms with Gasteiger partial charge in [0.05, 0.1) is 5.41 Å². The average Bonchev–Trinajstić information content (AvgIpc) is 3.05. The molecule has 0 amide bonds. The Bertz CT molecular complexity index is 1220. The molecule has 1 unspecified atom stereocenters. The lowest BCUT2D eigenvalue weighted by Gasteiger charge is -2.31. The lowest BCUT2D eigenvalue weighted by atomic mass is 9.80. The van der Waals surface area contributed by atoms with E-state index < -0.39 is 0 Å². The van der Waals surface area contributed by atoms with Gasteiger partial charge in [0.2, 0.25) is 5.69 Å². The Morgan fingerprint density at radius 1 is 1.24 bits per heavy atom. The smallest absolute Gasteiger partial charge is 0.209 e. The number of hydrogen-bond donors (Lipinski definition) is 0. The van der Waals surface area contributed by atoms with Crippen LogP contribution in [0.1, 0.15) is 51.2 Å². The van der Waals surface area contributed by atoms with E-state index in [0.29, 0.717) is 5.92 Å². The van der Waals surface area contributed by atoms with Crippen LogP contribution in [-0.2, 0) is 11.8 Å². The summed E-state index contributed by atoms with van der Waals surface area (Å²) in [6.07, 6.45) is 14.5. The number of benzene rings is 2. The summed E-state index contributed by atoms with van der Waals surface area (Å²) < 4.78 is 14.6. The summed E-state index contributed by atoms with van der Waals surface area (Å²) in [6.45, 7) is 8.12. The molecule has 0 saturated carbocycles. The summed E-state index contributed by atoms with van der Waals surface area (Å²) in [4.78, 5) is 0. The van der Waals surface area contributed by atoms with Crippen LogP contribution in [0.2, 0.25) is 0 Å². The summed E-state index contributed by atoms with van der Waals surface area (Å²) in [5.74, 6) is 5.62. The first-order valence-corrected chi connectivity index (χ1v) is 12.0. The van der Waals surface area contributed by atoms with Crippen molar-refractivity contribution in [3.8, 4) is 23.8 Å². The molecule has 0 aromatic heterocycles. The molecule has 0 bridgehead atoms. The van der Waals surface area contributed by atoms with Crippen LogP contribution in [0, 0.1) is 18.3 Å². The fraction of sp³-hybridized carbons (Fsp3) is 0.367. The molecule has 0 saturated heterocycles. The molecule has 3 aliphatic rings. The van der Waals surface area contributed by atoms with Crippen molar-refractivity contribution in [1.29, 1.82) is 0 Å². The number of fused-ring (bicyclic) bond motifs is 2. The molecule has 1 aliphatic carbocycles. The van der Waals surface area contributed by atoms with Gasteiger partial charge >= 0.3 is 0 Å². The molecule has 2 aromatic carbocycles. The zero-order valence-corrected chi connectivity index (χ0v) is 19.9. The molecular formula is C30H32NO2+. The number of ether oxygens (including phenoxy) is 2. The summed E-state index contributed by atoms with van der Waals surface area (Å²) >= 11 is 0. The van der Waals surface area contributed by atoms with Crippen LogP contribution in [-0.4, -0.2) is 23.4 Å². The number of nitrogens with zero attached hydrogens (tertiary/aromatic N) is 1. The van der Waals surface area contributed by atoms with Crippen molar-refractivity contribution in [2.45, 2.75) is 51.9 Å². The van der Waals surface area contributed by atoms with Crippen molar-refractivity contribution < 1.29 is 14.0 Å². The van der Waals surface area contributed by atoms with Gasteiger partial charge in [0.25, 0.3) is 0 Å². The first-order valence-electron chi connectivity index (χ1n) is 12.0. The minimum absolute atomic E-state index is 0.0156. The van der Waals surface area contributed by atoms with Crippen LogP contribution in [0.5, 0.6) is 11.5 Å². The van der Waals surface area contributed by atoms with Gasteiger partial charge in [-0.15, -0.1) is 6.42 Å². The third-order valence-corrected chi connectivity index (χ3v) is 7.27. The Kier molecular flexibility index (Phi) is 5.62. The molecule has 2 heterocycles. The van der Waals surface area contributed by atoms with Crippen molar-refractivity contribution in [3.05, 3.63) is 77.1 Å². The van der Waals surface area contributed by atoms with Crippen molar-refractivity contribution in [1.82, 2.24) is 0 Å². The maximum atomic E-state index is 6.53. The number of allylic oxidation sites excluding steroid dienone is 3. The van der Waals surface area contributed by atoms with Crippen LogP contribution >= 0.6 is 0 Å². The van der Waals surface area contributed by atoms with E-state index in [1.165, 1.54) is 34.5 Å². The molecule has 0 radical (unpaired) electrons. The minimum Gasteiger partial charge on any atom is -0.481 e. The van der Waals surface area contributed by atoms with E-state index >= 15 is 0 Å². The van der Waals surface area contributed by atoms with Gasteiger partial charge < -0.3 is 9.47 Å². The van der Waals surface area contributed by atoms with E-state index in [0.717, 1.165) is 43.1 Å². The standard InChI is InChI=1S/C30H32NO2/c1-5-18-32-24-16-14-22-19-23-11-9-10-21(29(23)33-27(22)20-24)15-17-28-30(3,4)25-12-7-8-13-26(25)31(28)6-2/h1,7-8,12-17,20-21H,6,9-11,18-19H2,2-4H3/q+1/b17-15+. The van der Waals surface area contributed by atoms with Crippen molar-refractivity contribution >= 4 is 11.4 Å². The molecule has 2 aromatic rings. The van der Waals surface area contributed by atoms with E-state index in [4.69, 9.17) is 15.9 Å². The maximum Gasteiger partial charge on any atom is 0.209 e. The predicted octanol–water partition coefficient (Wildman–Crippen LogP) is 6.34. The zero-order valence-electron chi connectivity index (χ0n) is 19.9. The van der Waals surface area contributed by atoms with Gasteiger partial charge in [-0.3, -0.25) is 0 Å². The van der Waals surface area contributed by atoms with Crippen LogP contribution in [0.3, 0.4) is 0 Å². The fourth-order valence-corrected chi connectivity index (χ4v) is 5.59. The molecule has 3 heteroatoms. The maximum absolute atomic E-state index is 6.53. The molecule has 1 atom stereocenters. The Labute approximate surface area is 197 Å². The molecule has 3 nitrogen and oxygen atoms in total. The third kappa shape index (κ3) is 3.78. The molecule has 33 heavy (non-hydrogen) atoms. The van der Waals surface area contributed by atoms with Gasteiger partial charge in [0.1, 0.15) is 30.4 Å². The molecule has 5 rings (SSSR count). The van der Waals surface area contributed by atoms with E-state index in [-0.39, 0.29) is 12.0 Å². The van der Waals surface area contributed by atoms with Gasteiger partial charge in [-0.1, -0.05) is 36.3 Å². The predicted molar refractivity (Wildman–Crippen MR) is 134 cm³/mol. The summed E-state index contributed by atoms with van der Waals surface area (Å²) in [7, 11) is 0. The van der Waals surface area contributed by atoms with Gasteiger partial charge in [-0.2, -0.15) is 4.58 Å². The Morgan fingerprint density at radius 2 is 2.09 bits per heavy atom. The van der Waals surface area contributed by atoms with Crippen molar-refractivity contribution in [2.24, 2.45) is 5.92 Å². The topological polar surface area (TPSA) is 21.5 Å². The number of terminal acetylenes is 1. The summed E-state index contributed by atoms with van der Waals surface area (Å²) in [5, 5.41) is 0.